The topological polar surface area (TPSA) is 7.12 Å². The zero-order valence-corrected chi connectivity index (χ0v) is 18.1. The third-order valence-corrected chi connectivity index (χ3v) is 4.68. The second-order valence-electron chi connectivity index (χ2n) is 6.53. The molecule has 0 amide bonds. The molecule has 1 aromatic carbocycles. The van der Waals surface area contributed by atoms with E-state index in [1.54, 1.807) is 0 Å². The van der Waals surface area contributed by atoms with Gasteiger partial charge < -0.3 is 21.9 Å². The number of anilines is 1. The van der Waals surface area contributed by atoms with Gasteiger partial charge in [0.1, 0.15) is 6.54 Å². The molecule has 0 aliphatic rings. The van der Waals surface area contributed by atoms with Crippen LogP contribution in [0.2, 0.25) is 0 Å². The Bertz CT molecular complexity index is 628. The minimum absolute atomic E-state index is 0. The lowest BCUT2D eigenvalue weighted by atomic mass is 10.1. The first-order valence-corrected chi connectivity index (χ1v) is 9.79. The van der Waals surface area contributed by atoms with Crippen LogP contribution in [0.5, 0.6) is 0 Å². The van der Waals surface area contributed by atoms with Gasteiger partial charge >= 0.3 is 0 Å². The highest BCUT2D eigenvalue weighted by molar-refractivity contribution is 5.70. The third kappa shape index (κ3) is 7.33. The van der Waals surface area contributed by atoms with Crippen LogP contribution in [0.1, 0.15) is 57.6 Å². The minimum atomic E-state index is 0. The summed E-state index contributed by atoms with van der Waals surface area (Å²) in [7, 11) is 0. The number of halogens is 1. The van der Waals surface area contributed by atoms with Gasteiger partial charge in [0.15, 0.2) is 12.4 Å². The minimum Gasteiger partial charge on any atom is -1.00 e. The number of rotatable bonds is 10. The molecule has 0 atom stereocenters. The van der Waals surface area contributed by atoms with E-state index in [2.05, 4.69) is 91.2 Å². The molecule has 26 heavy (non-hydrogen) atoms. The Hall–Kier alpha value is -1.61. The third-order valence-electron chi connectivity index (χ3n) is 4.68. The number of nitrogens with zero attached hydrogens (tertiary/aromatic N) is 2. The molecule has 0 aliphatic heterocycles. The first kappa shape index (κ1) is 22.4. The SMILES string of the molecule is CCCCCC[n+]1ccc(C=Cc2ccc(N(CC)CC)cc2)cc1.[Br-]. The van der Waals surface area contributed by atoms with E-state index in [1.165, 1.54) is 42.5 Å². The Morgan fingerprint density at radius 3 is 1.88 bits per heavy atom. The van der Waals surface area contributed by atoms with E-state index >= 15 is 0 Å². The Morgan fingerprint density at radius 2 is 1.35 bits per heavy atom. The van der Waals surface area contributed by atoms with Crippen LogP contribution < -0.4 is 26.4 Å². The first-order valence-electron chi connectivity index (χ1n) is 9.79. The van der Waals surface area contributed by atoms with Crippen molar-refractivity contribution in [3.05, 3.63) is 59.9 Å². The molecule has 3 heteroatoms. The fraction of sp³-hybridized carbons (Fsp3) is 0.435. The monoisotopic (exact) mass is 416 g/mol. The zero-order valence-electron chi connectivity index (χ0n) is 16.5. The Labute approximate surface area is 170 Å². The van der Waals surface area contributed by atoms with E-state index in [4.69, 9.17) is 0 Å². The molecule has 0 fully saturated rings. The predicted molar refractivity (Wildman–Crippen MR) is 110 cm³/mol. The number of benzene rings is 1. The quantitative estimate of drug-likeness (QED) is 0.426. The highest BCUT2D eigenvalue weighted by atomic mass is 79.9. The molecule has 142 valence electrons. The maximum Gasteiger partial charge on any atom is 0.169 e. The van der Waals surface area contributed by atoms with Gasteiger partial charge in [0.05, 0.1) is 0 Å². The maximum absolute atomic E-state index is 2.37. The van der Waals surface area contributed by atoms with E-state index in [-0.39, 0.29) is 17.0 Å². The van der Waals surface area contributed by atoms with Gasteiger partial charge in [-0.1, -0.05) is 44.1 Å². The summed E-state index contributed by atoms with van der Waals surface area (Å²) in [6, 6.07) is 13.2. The van der Waals surface area contributed by atoms with Gasteiger partial charge in [0.2, 0.25) is 0 Å². The number of pyridine rings is 1. The standard InChI is InChI=1S/C23H33N2.BrH/c1-4-7-8-9-18-24-19-16-22(17-20-24)11-10-21-12-14-23(15-13-21)25(5-2)6-3;/h10-17,19-20H,4-9,18H2,1-3H3;1H/q+1;/p-1. The van der Waals surface area contributed by atoms with Gasteiger partial charge in [-0.05, 0) is 43.5 Å². The lowest BCUT2D eigenvalue weighted by Gasteiger charge is -2.20. The number of aromatic nitrogens is 1. The molecule has 0 spiro atoms. The summed E-state index contributed by atoms with van der Waals surface area (Å²) in [5, 5.41) is 0. The molecule has 1 heterocycles. The molecule has 0 unspecified atom stereocenters. The van der Waals surface area contributed by atoms with Gasteiger partial charge in [-0.25, -0.2) is 4.57 Å². The van der Waals surface area contributed by atoms with Gasteiger partial charge in [0.25, 0.3) is 0 Å². The smallest absolute Gasteiger partial charge is 0.169 e. The molecule has 2 rings (SSSR count). The fourth-order valence-electron chi connectivity index (χ4n) is 3.03. The summed E-state index contributed by atoms with van der Waals surface area (Å²) < 4.78 is 2.28. The molecule has 2 nitrogen and oxygen atoms in total. The Balaban J connectivity index is 0.00000338. The van der Waals surface area contributed by atoms with Crippen molar-refractivity contribution in [3.8, 4) is 0 Å². The van der Waals surface area contributed by atoms with Crippen LogP contribution in [-0.2, 0) is 6.54 Å². The van der Waals surface area contributed by atoms with Crippen molar-refractivity contribution >= 4 is 17.8 Å². The van der Waals surface area contributed by atoms with Crippen molar-refractivity contribution in [2.45, 2.75) is 53.0 Å². The van der Waals surface area contributed by atoms with Crippen molar-refractivity contribution in [3.63, 3.8) is 0 Å². The first-order chi connectivity index (χ1) is 12.3. The number of hydrogen-bond donors (Lipinski definition) is 0. The van der Waals surface area contributed by atoms with Crippen LogP contribution in [0.3, 0.4) is 0 Å². The van der Waals surface area contributed by atoms with Gasteiger partial charge in [-0.15, -0.1) is 0 Å². The molecule has 0 aliphatic carbocycles. The summed E-state index contributed by atoms with van der Waals surface area (Å²) in [5.41, 5.74) is 3.79. The summed E-state index contributed by atoms with van der Waals surface area (Å²) in [4.78, 5) is 2.37. The van der Waals surface area contributed by atoms with E-state index in [9.17, 15) is 0 Å². The number of aryl methyl sites for hydroxylation is 1. The van der Waals surface area contributed by atoms with Crippen molar-refractivity contribution in [1.29, 1.82) is 0 Å². The molecular weight excluding hydrogens is 384 g/mol. The van der Waals surface area contributed by atoms with E-state index in [0.29, 0.717) is 0 Å². The maximum atomic E-state index is 2.37. The summed E-state index contributed by atoms with van der Waals surface area (Å²) in [6.07, 6.45) is 14.0. The predicted octanol–water partition coefficient (Wildman–Crippen LogP) is 2.58. The van der Waals surface area contributed by atoms with Gasteiger partial charge in [-0.3, -0.25) is 0 Å². The summed E-state index contributed by atoms with van der Waals surface area (Å²) >= 11 is 0. The molecule has 0 saturated heterocycles. The Morgan fingerprint density at radius 1 is 0.769 bits per heavy atom. The van der Waals surface area contributed by atoms with Crippen LogP contribution in [0.25, 0.3) is 12.2 Å². The second kappa shape index (κ2) is 12.7. The Kier molecular flexibility index (Phi) is 11.0. The van der Waals surface area contributed by atoms with Crippen molar-refractivity contribution in [2.24, 2.45) is 0 Å². The van der Waals surface area contributed by atoms with Gasteiger partial charge in [0, 0.05) is 37.3 Å². The average Bonchev–Trinajstić information content (AvgIpc) is 2.66. The lowest BCUT2D eigenvalue weighted by Crippen LogP contribution is -3.00. The molecule has 0 radical (unpaired) electrons. The lowest BCUT2D eigenvalue weighted by molar-refractivity contribution is -0.697. The fourth-order valence-corrected chi connectivity index (χ4v) is 3.03. The van der Waals surface area contributed by atoms with E-state index in [1.807, 2.05) is 0 Å². The van der Waals surface area contributed by atoms with E-state index in [0.717, 1.165) is 19.6 Å². The van der Waals surface area contributed by atoms with E-state index < -0.39 is 0 Å². The van der Waals surface area contributed by atoms with Crippen LogP contribution in [-0.4, -0.2) is 13.1 Å². The average molecular weight is 417 g/mol. The summed E-state index contributed by atoms with van der Waals surface area (Å²) in [6.45, 7) is 9.87. The van der Waals surface area contributed by atoms with Crippen molar-refractivity contribution in [1.82, 2.24) is 0 Å². The molecule has 0 saturated carbocycles. The van der Waals surface area contributed by atoms with Crippen LogP contribution >= 0.6 is 0 Å². The normalized spacial score (nSPS) is 10.7. The molecule has 1 aromatic heterocycles. The van der Waals surface area contributed by atoms with Crippen LogP contribution in [0.15, 0.2) is 48.8 Å². The van der Waals surface area contributed by atoms with Crippen molar-refractivity contribution in [2.75, 3.05) is 18.0 Å². The van der Waals surface area contributed by atoms with Crippen LogP contribution in [0.4, 0.5) is 5.69 Å². The van der Waals surface area contributed by atoms with Crippen molar-refractivity contribution < 1.29 is 21.5 Å². The second-order valence-corrected chi connectivity index (χ2v) is 6.53. The highest BCUT2D eigenvalue weighted by Gasteiger charge is 2.01. The molecule has 0 bridgehead atoms. The number of unbranched alkanes of at least 4 members (excludes halogenated alkanes) is 3. The largest absolute Gasteiger partial charge is 1.00 e. The zero-order chi connectivity index (χ0) is 17.9. The summed E-state index contributed by atoms with van der Waals surface area (Å²) in [5.74, 6) is 0. The molecule has 0 N–H and O–H groups in total. The number of hydrogen-bond acceptors (Lipinski definition) is 1. The highest BCUT2D eigenvalue weighted by Crippen LogP contribution is 2.16. The van der Waals surface area contributed by atoms with Gasteiger partial charge in [-0.2, -0.15) is 0 Å². The molecular formula is C23H33BrN2. The molecule has 2 aromatic rings. The van der Waals surface area contributed by atoms with Crippen LogP contribution in [0, 0.1) is 0 Å².